The van der Waals surface area contributed by atoms with Crippen LogP contribution in [0.2, 0.25) is 0 Å². The molecule has 0 saturated heterocycles. The van der Waals surface area contributed by atoms with E-state index in [9.17, 15) is 14.9 Å². The van der Waals surface area contributed by atoms with Crippen molar-refractivity contribution in [3.8, 4) is 5.75 Å². The molecule has 0 fully saturated rings. The van der Waals surface area contributed by atoms with Crippen LogP contribution in [0.5, 0.6) is 5.75 Å². The van der Waals surface area contributed by atoms with Gasteiger partial charge in [0.25, 0.3) is 11.6 Å². The molecule has 1 amide bonds. The molecule has 156 valence electrons. The van der Waals surface area contributed by atoms with Crippen LogP contribution in [0.1, 0.15) is 12.5 Å². The van der Waals surface area contributed by atoms with Crippen LogP contribution in [-0.2, 0) is 11.3 Å². The zero-order valence-electron chi connectivity index (χ0n) is 16.8. The number of non-ortho nitro benzene ring substituents is 1. The number of para-hydroxylation sites is 1. The first-order chi connectivity index (χ1) is 15.1. The number of hydrogen-bond acceptors (Lipinski definition) is 5. The van der Waals surface area contributed by atoms with Gasteiger partial charge in [0.1, 0.15) is 5.75 Å². The van der Waals surface area contributed by atoms with Gasteiger partial charge in [0.2, 0.25) is 0 Å². The van der Waals surface area contributed by atoms with E-state index >= 15 is 0 Å². The Bertz CT molecular complexity index is 1290. The van der Waals surface area contributed by atoms with E-state index in [0.717, 1.165) is 23.0 Å². The Morgan fingerprint density at radius 2 is 1.84 bits per heavy atom. The van der Waals surface area contributed by atoms with E-state index in [-0.39, 0.29) is 12.3 Å². The Morgan fingerprint density at radius 3 is 2.58 bits per heavy atom. The van der Waals surface area contributed by atoms with E-state index < -0.39 is 10.8 Å². The zero-order chi connectivity index (χ0) is 21.8. The van der Waals surface area contributed by atoms with Crippen LogP contribution in [0.15, 0.2) is 71.8 Å². The minimum absolute atomic E-state index is 0.0413. The van der Waals surface area contributed by atoms with Gasteiger partial charge in [0, 0.05) is 40.5 Å². The van der Waals surface area contributed by atoms with Crippen LogP contribution < -0.4 is 10.2 Å². The molecule has 0 aliphatic heterocycles. The number of nitro groups is 1. The molecule has 3 aromatic carbocycles. The summed E-state index contributed by atoms with van der Waals surface area (Å²) >= 11 is 0. The predicted octanol–water partition coefficient (Wildman–Crippen LogP) is 4.25. The molecule has 0 saturated carbocycles. The number of hydrazone groups is 1. The third kappa shape index (κ3) is 4.23. The summed E-state index contributed by atoms with van der Waals surface area (Å²) in [6.07, 6.45) is 1.58. The molecule has 0 aliphatic carbocycles. The normalized spacial score (nSPS) is 11.3. The maximum atomic E-state index is 11.9. The molecular weight excluding hydrogens is 396 g/mol. The van der Waals surface area contributed by atoms with Crippen LogP contribution in [0.3, 0.4) is 0 Å². The van der Waals surface area contributed by atoms with Gasteiger partial charge in [-0.2, -0.15) is 5.10 Å². The van der Waals surface area contributed by atoms with E-state index in [4.69, 9.17) is 4.74 Å². The summed E-state index contributed by atoms with van der Waals surface area (Å²) in [5.74, 6) is -0.0687. The summed E-state index contributed by atoms with van der Waals surface area (Å²) in [5, 5.41) is 17.0. The molecule has 0 aliphatic rings. The molecule has 4 aromatic rings. The van der Waals surface area contributed by atoms with Crippen LogP contribution >= 0.6 is 0 Å². The van der Waals surface area contributed by atoms with Crippen molar-refractivity contribution in [2.75, 3.05) is 6.61 Å². The Labute approximate surface area is 177 Å². The van der Waals surface area contributed by atoms with Gasteiger partial charge < -0.3 is 9.30 Å². The lowest BCUT2D eigenvalue weighted by Gasteiger charge is -2.04. The number of hydrogen-bond donors (Lipinski definition) is 1. The minimum atomic E-state index is -0.497. The number of nitrogens with one attached hydrogen (secondary N) is 1. The van der Waals surface area contributed by atoms with Crippen LogP contribution in [0, 0.1) is 10.1 Å². The molecule has 31 heavy (non-hydrogen) atoms. The van der Waals surface area contributed by atoms with Crippen molar-refractivity contribution in [3.05, 3.63) is 82.4 Å². The Kier molecular flexibility index (Phi) is 5.61. The van der Waals surface area contributed by atoms with E-state index in [2.05, 4.69) is 40.2 Å². The van der Waals surface area contributed by atoms with Crippen molar-refractivity contribution in [1.29, 1.82) is 0 Å². The number of fused-ring (bicyclic) bond motifs is 3. The molecule has 1 N–H and O–H groups in total. The molecule has 8 nitrogen and oxygen atoms in total. The van der Waals surface area contributed by atoms with Gasteiger partial charge in [0.05, 0.1) is 11.1 Å². The smallest absolute Gasteiger partial charge is 0.277 e. The van der Waals surface area contributed by atoms with E-state index in [1.165, 1.54) is 35.2 Å². The highest BCUT2D eigenvalue weighted by molar-refractivity contribution is 6.09. The van der Waals surface area contributed by atoms with E-state index in [0.29, 0.717) is 5.75 Å². The minimum Gasteiger partial charge on any atom is -0.484 e. The van der Waals surface area contributed by atoms with Gasteiger partial charge in [0.15, 0.2) is 6.61 Å². The average molecular weight is 416 g/mol. The maximum absolute atomic E-state index is 11.9. The zero-order valence-corrected chi connectivity index (χ0v) is 16.8. The number of nitro benzene ring substituents is 1. The van der Waals surface area contributed by atoms with E-state index in [1.54, 1.807) is 6.21 Å². The largest absolute Gasteiger partial charge is 0.484 e. The molecule has 4 rings (SSSR count). The third-order valence-electron chi connectivity index (χ3n) is 4.93. The number of ether oxygens (including phenoxy) is 1. The van der Waals surface area contributed by atoms with Crippen molar-refractivity contribution in [3.63, 3.8) is 0 Å². The number of amides is 1. The fraction of sp³-hybridized carbons (Fsp3) is 0.130. The molecular formula is C23H20N4O4. The highest BCUT2D eigenvalue weighted by atomic mass is 16.6. The summed E-state index contributed by atoms with van der Waals surface area (Å²) < 4.78 is 7.58. The first kappa shape index (κ1) is 20.1. The topological polar surface area (TPSA) is 98.8 Å². The fourth-order valence-electron chi connectivity index (χ4n) is 3.52. The fourth-order valence-corrected chi connectivity index (χ4v) is 3.52. The molecule has 0 radical (unpaired) electrons. The molecule has 8 heteroatoms. The second-order valence-electron chi connectivity index (χ2n) is 6.87. The Hall–Kier alpha value is -4.20. The Morgan fingerprint density at radius 1 is 1.10 bits per heavy atom. The highest BCUT2D eigenvalue weighted by Gasteiger charge is 2.09. The molecule has 1 aromatic heterocycles. The molecule has 1 heterocycles. The maximum Gasteiger partial charge on any atom is 0.277 e. The first-order valence-corrected chi connectivity index (χ1v) is 9.77. The highest BCUT2D eigenvalue weighted by Crippen LogP contribution is 2.29. The lowest BCUT2D eigenvalue weighted by molar-refractivity contribution is -0.384. The van der Waals surface area contributed by atoms with Crippen molar-refractivity contribution < 1.29 is 14.5 Å². The standard InChI is InChI=1S/C23H20N4O4/c1-2-26-21-6-4-3-5-19(21)20-13-16(7-12-22(20)26)14-24-25-23(28)15-31-18-10-8-17(9-11-18)27(29)30/h3-14H,2,15H2,1H3,(H,25,28). The third-order valence-corrected chi connectivity index (χ3v) is 4.93. The summed E-state index contributed by atoms with van der Waals surface area (Å²) in [6.45, 7) is 2.75. The summed E-state index contributed by atoms with van der Waals surface area (Å²) in [4.78, 5) is 22.1. The van der Waals surface area contributed by atoms with Crippen molar-refractivity contribution in [2.24, 2.45) is 5.10 Å². The lowest BCUT2D eigenvalue weighted by atomic mass is 10.1. The SMILES string of the molecule is CCn1c2ccccc2c2cc(C=NNC(=O)COc3ccc([N+](=O)[O-])cc3)ccc21. The predicted molar refractivity (Wildman–Crippen MR) is 119 cm³/mol. The Balaban J connectivity index is 1.41. The monoisotopic (exact) mass is 416 g/mol. The van der Waals surface area contributed by atoms with Crippen molar-refractivity contribution in [1.82, 2.24) is 9.99 Å². The van der Waals surface area contributed by atoms with Crippen LogP contribution in [0.4, 0.5) is 5.69 Å². The number of carbonyl (C=O) groups excluding carboxylic acids is 1. The summed E-state index contributed by atoms with van der Waals surface area (Å²) in [5.41, 5.74) is 5.59. The lowest BCUT2D eigenvalue weighted by Crippen LogP contribution is -2.24. The van der Waals surface area contributed by atoms with Gasteiger partial charge in [-0.05, 0) is 42.8 Å². The first-order valence-electron chi connectivity index (χ1n) is 9.77. The van der Waals surface area contributed by atoms with Gasteiger partial charge in [-0.1, -0.05) is 24.3 Å². The number of nitrogens with zero attached hydrogens (tertiary/aromatic N) is 3. The summed E-state index contributed by atoms with van der Waals surface area (Å²) in [7, 11) is 0. The molecule has 0 spiro atoms. The number of rotatable bonds is 7. The van der Waals surface area contributed by atoms with Crippen molar-refractivity contribution >= 4 is 39.6 Å². The quantitative estimate of drug-likeness (QED) is 0.277. The van der Waals surface area contributed by atoms with E-state index in [1.807, 2.05) is 24.3 Å². The number of benzene rings is 3. The number of aromatic nitrogens is 1. The van der Waals surface area contributed by atoms with Gasteiger partial charge in [-0.25, -0.2) is 5.43 Å². The van der Waals surface area contributed by atoms with Crippen LogP contribution in [0.25, 0.3) is 21.8 Å². The van der Waals surface area contributed by atoms with Crippen LogP contribution in [-0.4, -0.2) is 28.2 Å². The van der Waals surface area contributed by atoms with Gasteiger partial charge in [-0.3, -0.25) is 14.9 Å². The van der Waals surface area contributed by atoms with Gasteiger partial charge in [-0.15, -0.1) is 0 Å². The average Bonchev–Trinajstić information content (AvgIpc) is 3.11. The molecule has 0 unspecified atom stereocenters. The number of aryl methyl sites for hydroxylation is 1. The molecule has 0 bridgehead atoms. The number of carbonyl (C=O) groups is 1. The molecule has 0 atom stereocenters. The summed E-state index contributed by atoms with van der Waals surface area (Å²) in [6, 6.07) is 19.8. The van der Waals surface area contributed by atoms with Gasteiger partial charge >= 0.3 is 0 Å². The second kappa shape index (κ2) is 8.66. The van der Waals surface area contributed by atoms with Crippen molar-refractivity contribution in [2.45, 2.75) is 13.5 Å². The second-order valence-corrected chi connectivity index (χ2v) is 6.87.